The van der Waals surface area contributed by atoms with Crippen molar-refractivity contribution in [2.75, 3.05) is 5.32 Å². The first-order valence-electron chi connectivity index (χ1n) is 11.9. The molecule has 1 aliphatic heterocycles. The van der Waals surface area contributed by atoms with Crippen LogP contribution in [-0.2, 0) is 19.0 Å². The Bertz CT molecular complexity index is 1370. The third kappa shape index (κ3) is 3.41. The minimum atomic E-state index is -4.32. The molecule has 0 saturated heterocycles. The molecule has 6 rings (SSSR count). The average molecular weight is 482 g/mol. The van der Waals surface area contributed by atoms with E-state index in [1.165, 1.54) is 0 Å². The molecule has 10 heteroatoms. The van der Waals surface area contributed by atoms with Crippen LogP contribution in [-0.4, -0.2) is 35.7 Å². The molecule has 1 saturated carbocycles. The lowest BCUT2D eigenvalue weighted by molar-refractivity contribution is -0.216. The van der Waals surface area contributed by atoms with E-state index < -0.39 is 11.6 Å². The first kappa shape index (κ1) is 22.1. The second kappa shape index (κ2) is 7.79. The zero-order chi connectivity index (χ0) is 24.4. The van der Waals surface area contributed by atoms with Gasteiger partial charge >= 0.3 is 6.18 Å². The number of fused-ring (bicyclic) bond motifs is 2. The van der Waals surface area contributed by atoms with Crippen molar-refractivity contribution in [2.24, 2.45) is 7.05 Å². The SMILES string of the molecule is Cc1cnc(Nc2ccnn2C)cc1C1=CC2=C(C1)c1nnc(C3(C(F)(F)F)CCC3)n1CCC2. The van der Waals surface area contributed by atoms with Crippen LogP contribution >= 0.6 is 0 Å². The highest BCUT2D eigenvalue weighted by atomic mass is 19.4. The smallest absolute Gasteiger partial charge is 0.325 e. The number of pyridine rings is 1. The Morgan fingerprint density at radius 1 is 1.14 bits per heavy atom. The highest BCUT2D eigenvalue weighted by Gasteiger charge is 2.62. The Morgan fingerprint density at radius 3 is 2.66 bits per heavy atom. The van der Waals surface area contributed by atoms with Gasteiger partial charge in [-0.25, -0.2) is 4.98 Å². The van der Waals surface area contributed by atoms with E-state index in [1.807, 2.05) is 32.3 Å². The number of aryl methyl sites for hydroxylation is 2. The van der Waals surface area contributed by atoms with Gasteiger partial charge in [-0.1, -0.05) is 12.5 Å². The molecule has 182 valence electrons. The van der Waals surface area contributed by atoms with Gasteiger partial charge in [-0.2, -0.15) is 18.3 Å². The molecule has 0 spiro atoms. The molecule has 3 aromatic heterocycles. The largest absolute Gasteiger partial charge is 0.401 e. The molecule has 7 nitrogen and oxygen atoms in total. The lowest BCUT2D eigenvalue weighted by Gasteiger charge is -2.42. The fourth-order valence-electron chi connectivity index (χ4n) is 5.52. The number of aromatic nitrogens is 6. The number of hydrogen-bond donors (Lipinski definition) is 1. The van der Waals surface area contributed by atoms with Crippen LogP contribution in [0.25, 0.3) is 11.1 Å². The zero-order valence-corrected chi connectivity index (χ0v) is 19.7. The molecule has 4 heterocycles. The van der Waals surface area contributed by atoms with Crippen molar-refractivity contribution >= 4 is 22.8 Å². The van der Waals surface area contributed by atoms with Gasteiger partial charge in [-0.05, 0) is 60.9 Å². The van der Waals surface area contributed by atoms with E-state index in [-0.39, 0.29) is 18.7 Å². The minimum absolute atomic E-state index is 0.0900. The predicted molar refractivity (Wildman–Crippen MR) is 126 cm³/mol. The van der Waals surface area contributed by atoms with Gasteiger partial charge in [-0.15, -0.1) is 10.2 Å². The van der Waals surface area contributed by atoms with Crippen LogP contribution in [0.3, 0.4) is 0 Å². The Balaban J connectivity index is 1.32. The number of nitrogens with zero attached hydrogens (tertiary/aromatic N) is 6. The summed E-state index contributed by atoms with van der Waals surface area (Å²) in [4.78, 5) is 4.51. The van der Waals surface area contributed by atoms with Gasteiger partial charge < -0.3 is 9.88 Å². The monoisotopic (exact) mass is 481 g/mol. The Hall–Kier alpha value is -3.43. The van der Waals surface area contributed by atoms with Crippen molar-refractivity contribution in [3.8, 4) is 0 Å². The lowest BCUT2D eigenvalue weighted by Crippen LogP contribution is -2.50. The summed E-state index contributed by atoms with van der Waals surface area (Å²) in [5, 5.41) is 16.0. The van der Waals surface area contributed by atoms with Crippen molar-refractivity contribution in [2.45, 2.75) is 63.6 Å². The summed E-state index contributed by atoms with van der Waals surface area (Å²) in [6.45, 7) is 2.53. The number of hydrogen-bond acceptors (Lipinski definition) is 5. The van der Waals surface area contributed by atoms with Crippen LogP contribution in [0.1, 0.15) is 61.3 Å². The molecule has 0 bridgehead atoms. The zero-order valence-electron chi connectivity index (χ0n) is 19.7. The molecule has 35 heavy (non-hydrogen) atoms. The summed E-state index contributed by atoms with van der Waals surface area (Å²) >= 11 is 0. The first-order valence-corrected chi connectivity index (χ1v) is 11.9. The molecular formula is C25H26F3N7. The number of rotatable bonds is 4. The van der Waals surface area contributed by atoms with Crippen molar-refractivity contribution in [1.29, 1.82) is 0 Å². The van der Waals surface area contributed by atoms with E-state index in [1.54, 1.807) is 15.4 Å². The fraction of sp³-hybridized carbons (Fsp3) is 0.440. The van der Waals surface area contributed by atoms with Crippen LogP contribution in [0.4, 0.5) is 24.8 Å². The van der Waals surface area contributed by atoms with Gasteiger partial charge in [0.05, 0.1) is 6.20 Å². The van der Waals surface area contributed by atoms with E-state index in [9.17, 15) is 13.2 Å². The van der Waals surface area contributed by atoms with Crippen LogP contribution < -0.4 is 5.32 Å². The maximum atomic E-state index is 14.1. The average Bonchev–Trinajstić information content (AvgIpc) is 3.45. The third-order valence-corrected chi connectivity index (χ3v) is 7.66. The summed E-state index contributed by atoms with van der Waals surface area (Å²) in [6, 6.07) is 3.89. The van der Waals surface area contributed by atoms with Gasteiger partial charge in [0.2, 0.25) is 0 Å². The van der Waals surface area contributed by atoms with Crippen molar-refractivity contribution in [3.63, 3.8) is 0 Å². The minimum Gasteiger partial charge on any atom is -0.325 e. The summed E-state index contributed by atoms with van der Waals surface area (Å²) < 4.78 is 45.7. The normalized spacial score (nSPS) is 19.1. The second-order valence-corrected chi connectivity index (χ2v) is 9.74. The molecule has 2 aliphatic carbocycles. The van der Waals surface area contributed by atoms with Crippen LogP contribution in [0.2, 0.25) is 0 Å². The van der Waals surface area contributed by atoms with Crippen LogP contribution in [0.15, 0.2) is 36.2 Å². The molecule has 0 aromatic carbocycles. The summed E-state index contributed by atoms with van der Waals surface area (Å²) in [7, 11) is 1.86. The topological polar surface area (TPSA) is 73.5 Å². The second-order valence-electron chi connectivity index (χ2n) is 9.74. The highest BCUT2D eigenvalue weighted by molar-refractivity contribution is 5.89. The van der Waals surface area contributed by atoms with Crippen molar-refractivity contribution in [1.82, 2.24) is 29.5 Å². The molecule has 0 radical (unpaired) electrons. The summed E-state index contributed by atoms with van der Waals surface area (Å²) in [5.41, 5.74) is 3.50. The van der Waals surface area contributed by atoms with Gasteiger partial charge in [0, 0.05) is 37.8 Å². The molecule has 0 atom stereocenters. The molecule has 0 amide bonds. The maximum absolute atomic E-state index is 14.1. The Kier molecular flexibility index (Phi) is 4.91. The van der Waals surface area contributed by atoms with Gasteiger partial charge in [0.25, 0.3) is 0 Å². The molecule has 3 aliphatic rings. The van der Waals surface area contributed by atoms with E-state index >= 15 is 0 Å². The molecule has 1 N–H and O–H groups in total. The molecule has 3 aromatic rings. The standard InChI is InChI=1S/C25H26F3N7/c1-15-14-29-20(31-21-6-9-30-34(21)2)13-18(15)17-11-16-5-3-10-35-22(19(16)12-17)32-33-23(35)24(7-4-8-24)25(26,27)28/h6,9,11,13-14H,3-5,7-8,10,12H2,1-2H3,(H,29,31). The predicted octanol–water partition coefficient (Wildman–Crippen LogP) is 5.48. The molecule has 0 unspecified atom stereocenters. The van der Waals surface area contributed by atoms with Crippen LogP contribution in [0.5, 0.6) is 0 Å². The summed E-state index contributed by atoms with van der Waals surface area (Å²) in [6.07, 6.45) is 4.35. The Morgan fingerprint density at radius 2 is 1.97 bits per heavy atom. The van der Waals surface area contributed by atoms with E-state index in [2.05, 4.69) is 31.7 Å². The highest BCUT2D eigenvalue weighted by Crippen LogP contribution is 2.55. The van der Waals surface area contributed by atoms with E-state index in [0.717, 1.165) is 46.5 Å². The number of alkyl halides is 3. The van der Waals surface area contributed by atoms with Crippen LogP contribution in [0, 0.1) is 6.92 Å². The Labute approximate surface area is 200 Å². The fourth-order valence-corrected chi connectivity index (χ4v) is 5.52. The van der Waals surface area contributed by atoms with E-state index in [4.69, 9.17) is 0 Å². The third-order valence-electron chi connectivity index (χ3n) is 7.66. The molecular weight excluding hydrogens is 455 g/mol. The number of allylic oxidation sites excluding steroid dienone is 4. The quantitative estimate of drug-likeness (QED) is 0.534. The number of anilines is 2. The van der Waals surface area contributed by atoms with Gasteiger partial charge in [0.15, 0.2) is 5.82 Å². The number of nitrogens with one attached hydrogen (secondary N) is 1. The summed E-state index contributed by atoms with van der Waals surface area (Å²) in [5.74, 6) is 2.22. The lowest BCUT2D eigenvalue weighted by atomic mass is 9.67. The number of halogens is 3. The van der Waals surface area contributed by atoms with Crippen molar-refractivity contribution < 1.29 is 13.2 Å². The maximum Gasteiger partial charge on any atom is 0.401 e. The van der Waals surface area contributed by atoms with E-state index in [0.29, 0.717) is 31.0 Å². The van der Waals surface area contributed by atoms with Gasteiger partial charge in [-0.3, -0.25) is 4.68 Å². The van der Waals surface area contributed by atoms with Gasteiger partial charge in [0.1, 0.15) is 22.9 Å². The first-order chi connectivity index (χ1) is 16.8. The van der Waals surface area contributed by atoms with Crippen molar-refractivity contribution in [3.05, 3.63) is 59.0 Å². The molecule has 1 fully saturated rings.